The number of pyridine rings is 1. The topological polar surface area (TPSA) is 53.6 Å². The SMILES string of the molecule is Clc1cc(Cl)cc(CNC2CCCC(c3nc4ncccc4[nH]3)C2)c1. The minimum Gasteiger partial charge on any atom is -0.340 e. The molecule has 1 fully saturated rings. The van der Waals surface area contributed by atoms with Crippen LogP contribution in [0.15, 0.2) is 36.5 Å². The molecule has 6 heteroatoms. The molecule has 2 N–H and O–H groups in total. The van der Waals surface area contributed by atoms with Crippen molar-refractivity contribution in [3.63, 3.8) is 0 Å². The minimum atomic E-state index is 0.448. The molecule has 0 radical (unpaired) electrons. The molecule has 1 aliphatic carbocycles. The summed E-state index contributed by atoms with van der Waals surface area (Å²) in [6, 6.07) is 10.1. The molecule has 1 saturated carbocycles. The smallest absolute Gasteiger partial charge is 0.177 e. The first-order chi connectivity index (χ1) is 12.2. The zero-order valence-electron chi connectivity index (χ0n) is 13.8. The summed E-state index contributed by atoms with van der Waals surface area (Å²) < 4.78 is 0. The molecule has 130 valence electrons. The number of aromatic nitrogens is 3. The first kappa shape index (κ1) is 16.8. The van der Waals surface area contributed by atoms with Crippen LogP contribution >= 0.6 is 23.2 Å². The first-order valence-corrected chi connectivity index (χ1v) is 9.42. The van der Waals surface area contributed by atoms with E-state index in [0.29, 0.717) is 22.0 Å². The number of aromatic amines is 1. The third-order valence-electron chi connectivity index (χ3n) is 4.85. The normalized spacial score (nSPS) is 20.9. The van der Waals surface area contributed by atoms with E-state index < -0.39 is 0 Å². The van der Waals surface area contributed by atoms with E-state index in [1.165, 1.54) is 19.3 Å². The summed E-state index contributed by atoms with van der Waals surface area (Å²) >= 11 is 12.2. The maximum Gasteiger partial charge on any atom is 0.177 e. The molecular weight excluding hydrogens is 355 g/mol. The molecule has 2 unspecified atom stereocenters. The summed E-state index contributed by atoms with van der Waals surface area (Å²) in [6.07, 6.45) is 6.41. The Hall–Kier alpha value is -1.62. The van der Waals surface area contributed by atoms with Gasteiger partial charge in [0.25, 0.3) is 0 Å². The van der Waals surface area contributed by atoms with Crippen molar-refractivity contribution in [3.05, 3.63) is 58.0 Å². The number of H-pyrrole nitrogens is 1. The van der Waals surface area contributed by atoms with Gasteiger partial charge in [-0.05, 0) is 55.2 Å². The lowest BCUT2D eigenvalue weighted by molar-refractivity contribution is 0.332. The highest BCUT2D eigenvalue weighted by molar-refractivity contribution is 6.34. The van der Waals surface area contributed by atoms with Crippen molar-refractivity contribution in [1.29, 1.82) is 0 Å². The molecular formula is C19H20Cl2N4. The van der Waals surface area contributed by atoms with E-state index in [4.69, 9.17) is 23.2 Å². The van der Waals surface area contributed by atoms with E-state index in [-0.39, 0.29) is 0 Å². The van der Waals surface area contributed by atoms with E-state index in [1.54, 1.807) is 12.3 Å². The van der Waals surface area contributed by atoms with Crippen LogP contribution in [-0.4, -0.2) is 21.0 Å². The second kappa shape index (κ2) is 7.32. The number of nitrogens with one attached hydrogen (secondary N) is 2. The van der Waals surface area contributed by atoms with Crippen molar-refractivity contribution >= 4 is 34.4 Å². The molecule has 4 nitrogen and oxygen atoms in total. The summed E-state index contributed by atoms with van der Waals surface area (Å²) in [4.78, 5) is 12.4. The van der Waals surface area contributed by atoms with Gasteiger partial charge in [-0.2, -0.15) is 0 Å². The van der Waals surface area contributed by atoms with Crippen LogP contribution < -0.4 is 5.32 Å². The van der Waals surface area contributed by atoms with E-state index in [1.807, 2.05) is 24.3 Å². The third kappa shape index (κ3) is 3.97. The monoisotopic (exact) mass is 374 g/mol. The van der Waals surface area contributed by atoms with E-state index in [2.05, 4.69) is 20.3 Å². The van der Waals surface area contributed by atoms with Crippen molar-refractivity contribution in [2.24, 2.45) is 0 Å². The Morgan fingerprint density at radius 3 is 2.80 bits per heavy atom. The van der Waals surface area contributed by atoms with Gasteiger partial charge in [-0.25, -0.2) is 9.97 Å². The number of rotatable bonds is 4. The molecule has 1 aromatic carbocycles. The average molecular weight is 375 g/mol. The number of hydrogen-bond acceptors (Lipinski definition) is 3. The maximum absolute atomic E-state index is 6.08. The molecule has 0 amide bonds. The fraction of sp³-hybridized carbons (Fsp3) is 0.368. The number of halogens is 2. The number of benzene rings is 1. The minimum absolute atomic E-state index is 0.448. The predicted octanol–water partition coefficient (Wildman–Crippen LogP) is 5.08. The summed E-state index contributed by atoms with van der Waals surface area (Å²) in [6.45, 7) is 0.777. The summed E-state index contributed by atoms with van der Waals surface area (Å²) in [5.74, 6) is 1.51. The molecule has 2 aromatic heterocycles. The van der Waals surface area contributed by atoms with Crippen LogP contribution in [0.1, 0.15) is 43.0 Å². The van der Waals surface area contributed by atoms with Crippen LogP contribution in [0.3, 0.4) is 0 Å². The van der Waals surface area contributed by atoms with Crippen molar-refractivity contribution < 1.29 is 0 Å². The molecule has 1 aliphatic rings. The molecule has 0 aliphatic heterocycles. The second-order valence-corrected chi connectivity index (χ2v) is 7.59. The molecule has 2 atom stereocenters. The summed E-state index contributed by atoms with van der Waals surface area (Å²) in [7, 11) is 0. The highest BCUT2D eigenvalue weighted by atomic mass is 35.5. The van der Waals surface area contributed by atoms with E-state index in [0.717, 1.165) is 35.5 Å². The van der Waals surface area contributed by atoms with Crippen molar-refractivity contribution in [1.82, 2.24) is 20.3 Å². The van der Waals surface area contributed by atoms with Crippen molar-refractivity contribution in [3.8, 4) is 0 Å². The van der Waals surface area contributed by atoms with Crippen LogP contribution in [0.25, 0.3) is 11.2 Å². The number of nitrogens with zero attached hydrogens (tertiary/aromatic N) is 2. The largest absolute Gasteiger partial charge is 0.340 e. The standard InChI is InChI=1S/C19H20Cl2N4/c20-14-7-12(8-15(21)10-14)11-23-16-4-1-3-13(9-16)18-24-17-5-2-6-22-19(17)25-18/h2,5-8,10,13,16,23H,1,3-4,9,11H2,(H,22,24,25). The molecule has 4 rings (SSSR count). The van der Waals surface area contributed by atoms with Gasteiger partial charge in [0.2, 0.25) is 0 Å². The van der Waals surface area contributed by atoms with Gasteiger partial charge in [0.15, 0.2) is 5.65 Å². The Balaban J connectivity index is 1.42. The lowest BCUT2D eigenvalue weighted by Crippen LogP contribution is -2.33. The quantitative estimate of drug-likeness (QED) is 0.669. The van der Waals surface area contributed by atoms with Crippen molar-refractivity contribution in [2.45, 2.75) is 44.2 Å². The van der Waals surface area contributed by atoms with Gasteiger partial charge in [0.1, 0.15) is 5.82 Å². The Kier molecular flexibility index (Phi) is 4.93. The van der Waals surface area contributed by atoms with Crippen LogP contribution in [0.2, 0.25) is 10.0 Å². The van der Waals surface area contributed by atoms with Crippen LogP contribution in [0, 0.1) is 0 Å². The third-order valence-corrected chi connectivity index (χ3v) is 5.29. The molecule has 0 bridgehead atoms. The average Bonchev–Trinajstić information content (AvgIpc) is 3.04. The zero-order chi connectivity index (χ0) is 17.2. The lowest BCUT2D eigenvalue weighted by atomic mass is 9.85. The Morgan fingerprint density at radius 2 is 2.00 bits per heavy atom. The maximum atomic E-state index is 6.08. The number of hydrogen-bond donors (Lipinski definition) is 2. The van der Waals surface area contributed by atoms with Crippen LogP contribution in [0.4, 0.5) is 0 Å². The van der Waals surface area contributed by atoms with E-state index in [9.17, 15) is 0 Å². The van der Waals surface area contributed by atoms with Gasteiger partial charge in [-0.1, -0.05) is 29.6 Å². The fourth-order valence-electron chi connectivity index (χ4n) is 3.66. The molecule has 0 saturated heterocycles. The number of imidazole rings is 1. The highest BCUT2D eigenvalue weighted by Gasteiger charge is 2.25. The molecule has 25 heavy (non-hydrogen) atoms. The summed E-state index contributed by atoms with van der Waals surface area (Å²) in [5, 5.41) is 5.01. The van der Waals surface area contributed by atoms with E-state index >= 15 is 0 Å². The highest BCUT2D eigenvalue weighted by Crippen LogP contribution is 2.32. The van der Waals surface area contributed by atoms with Gasteiger partial charge in [0.05, 0.1) is 5.52 Å². The van der Waals surface area contributed by atoms with Gasteiger partial charge >= 0.3 is 0 Å². The van der Waals surface area contributed by atoms with Crippen LogP contribution in [-0.2, 0) is 6.54 Å². The van der Waals surface area contributed by atoms with Gasteiger partial charge in [-0.15, -0.1) is 0 Å². The first-order valence-electron chi connectivity index (χ1n) is 8.66. The van der Waals surface area contributed by atoms with Gasteiger partial charge < -0.3 is 10.3 Å². The zero-order valence-corrected chi connectivity index (χ0v) is 15.3. The molecule has 0 spiro atoms. The van der Waals surface area contributed by atoms with Crippen molar-refractivity contribution in [2.75, 3.05) is 0 Å². The van der Waals surface area contributed by atoms with Gasteiger partial charge in [-0.3, -0.25) is 0 Å². The second-order valence-electron chi connectivity index (χ2n) is 6.72. The predicted molar refractivity (Wildman–Crippen MR) is 102 cm³/mol. The van der Waals surface area contributed by atoms with Crippen LogP contribution in [0.5, 0.6) is 0 Å². The number of fused-ring (bicyclic) bond motifs is 1. The molecule has 2 heterocycles. The molecule has 3 aromatic rings. The Labute approximate surface area is 157 Å². The summed E-state index contributed by atoms with van der Waals surface area (Å²) in [5.41, 5.74) is 2.94. The fourth-order valence-corrected chi connectivity index (χ4v) is 4.23. The van der Waals surface area contributed by atoms with Gasteiger partial charge in [0, 0.05) is 34.7 Å². The lowest BCUT2D eigenvalue weighted by Gasteiger charge is -2.29. The Morgan fingerprint density at radius 1 is 1.16 bits per heavy atom. The Bertz CT molecular complexity index is 823.